The molecule has 0 aromatic carbocycles. The molecule has 1 atom stereocenters. The van der Waals surface area contributed by atoms with Gasteiger partial charge in [-0.3, -0.25) is 0 Å². The molecule has 1 unspecified atom stereocenters. The molecule has 0 fully saturated rings. The molecule has 0 saturated carbocycles. The van der Waals surface area contributed by atoms with Crippen molar-refractivity contribution in [2.24, 2.45) is 5.92 Å². The van der Waals surface area contributed by atoms with Crippen LogP contribution in [0.2, 0.25) is 0 Å². The molecule has 2 aromatic rings. The smallest absolute Gasteiger partial charge is 0.150 e. The Morgan fingerprint density at radius 2 is 2.15 bits per heavy atom. The van der Waals surface area contributed by atoms with E-state index in [-0.39, 0.29) is 0 Å². The lowest BCUT2D eigenvalue weighted by atomic mass is 10.0. The lowest BCUT2D eigenvalue weighted by Crippen LogP contribution is -2.29. The molecule has 110 valence electrons. The summed E-state index contributed by atoms with van der Waals surface area (Å²) < 4.78 is 2.23. The zero-order chi connectivity index (χ0) is 14.4. The number of nitrogens with zero attached hydrogens (tertiary/aromatic N) is 2. The molecule has 2 heterocycles. The number of hydrogen-bond acceptors (Lipinski definition) is 3. The van der Waals surface area contributed by atoms with E-state index in [4.69, 9.17) is 0 Å². The predicted molar refractivity (Wildman–Crippen MR) is 87.1 cm³/mol. The first kappa shape index (κ1) is 15.3. The van der Waals surface area contributed by atoms with Crippen LogP contribution in [0.4, 0.5) is 0 Å². The predicted octanol–water partition coefficient (Wildman–Crippen LogP) is 4.03. The number of hydrogen-bond donors (Lipinski definition) is 1. The number of rotatable bonds is 8. The van der Waals surface area contributed by atoms with E-state index in [1.807, 2.05) is 6.20 Å². The standard InChI is InChI=1S/C16H25N3S/c1-13(2)6-7-14(3)17-8-10-19-11-9-18-16(19)15-5-4-12-20-15/h4-5,9,11-14,17H,6-8,10H2,1-3H3. The third kappa shape index (κ3) is 4.46. The van der Waals surface area contributed by atoms with E-state index in [2.05, 4.69) is 59.3 Å². The van der Waals surface area contributed by atoms with Crippen molar-refractivity contribution in [1.82, 2.24) is 14.9 Å². The van der Waals surface area contributed by atoms with Crippen molar-refractivity contribution in [3.8, 4) is 10.7 Å². The molecule has 2 rings (SSSR count). The zero-order valence-electron chi connectivity index (χ0n) is 12.7. The molecular formula is C16H25N3S. The highest BCUT2D eigenvalue weighted by atomic mass is 32.1. The molecular weight excluding hydrogens is 266 g/mol. The molecule has 0 bridgehead atoms. The third-order valence-electron chi connectivity index (χ3n) is 3.48. The Morgan fingerprint density at radius 3 is 2.85 bits per heavy atom. The summed E-state index contributed by atoms with van der Waals surface area (Å²) in [5.41, 5.74) is 0. The van der Waals surface area contributed by atoms with Gasteiger partial charge >= 0.3 is 0 Å². The summed E-state index contributed by atoms with van der Waals surface area (Å²) in [4.78, 5) is 5.70. The Labute approximate surface area is 126 Å². The van der Waals surface area contributed by atoms with Crippen molar-refractivity contribution in [3.05, 3.63) is 29.9 Å². The molecule has 0 aliphatic heterocycles. The van der Waals surface area contributed by atoms with Gasteiger partial charge in [0, 0.05) is 31.5 Å². The molecule has 0 spiro atoms. The van der Waals surface area contributed by atoms with Gasteiger partial charge in [0.05, 0.1) is 4.88 Å². The fourth-order valence-electron chi connectivity index (χ4n) is 2.24. The van der Waals surface area contributed by atoms with Gasteiger partial charge in [0.25, 0.3) is 0 Å². The fraction of sp³-hybridized carbons (Fsp3) is 0.562. The van der Waals surface area contributed by atoms with Crippen LogP contribution in [-0.4, -0.2) is 22.1 Å². The quantitative estimate of drug-likeness (QED) is 0.796. The van der Waals surface area contributed by atoms with Gasteiger partial charge in [0.1, 0.15) is 5.82 Å². The fourth-order valence-corrected chi connectivity index (χ4v) is 2.97. The molecule has 0 aliphatic carbocycles. The SMILES string of the molecule is CC(C)CCC(C)NCCn1ccnc1-c1cccs1. The lowest BCUT2D eigenvalue weighted by molar-refractivity contribution is 0.442. The second kappa shape index (κ2) is 7.60. The van der Waals surface area contributed by atoms with E-state index in [0.29, 0.717) is 6.04 Å². The number of imidazole rings is 1. The van der Waals surface area contributed by atoms with Crippen molar-refractivity contribution in [1.29, 1.82) is 0 Å². The minimum atomic E-state index is 0.589. The van der Waals surface area contributed by atoms with Crippen LogP contribution in [-0.2, 0) is 6.54 Å². The Morgan fingerprint density at radius 1 is 1.30 bits per heavy atom. The van der Waals surface area contributed by atoms with Gasteiger partial charge in [-0.15, -0.1) is 11.3 Å². The van der Waals surface area contributed by atoms with E-state index < -0.39 is 0 Å². The number of nitrogens with one attached hydrogen (secondary N) is 1. The van der Waals surface area contributed by atoms with Gasteiger partial charge < -0.3 is 9.88 Å². The third-order valence-corrected chi connectivity index (χ3v) is 4.35. The van der Waals surface area contributed by atoms with Crippen molar-refractivity contribution < 1.29 is 0 Å². The van der Waals surface area contributed by atoms with Crippen LogP contribution in [0.1, 0.15) is 33.6 Å². The van der Waals surface area contributed by atoms with Crippen molar-refractivity contribution in [3.63, 3.8) is 0 Å². The molecule has 1 N–H and O–H groups in total. The van der Waals surface area contributed by atoms with Gasteiger partial charge in [0.15, 0.2) is 0 Å². The van der Waals surface area contributed by atoms with Crippen molar-refractivity contribution >= 4 is 11.3 Å². The molecule has 20 heavy (non-hydrogen) atoms. The largest absolute Gasteiger partial charge is 0.329 e. The van der Waals surface area contributed by atoms with Crippen molar-refractivity contribution in [2.75, 3.05) is 6.54 Å². The Kier molecular flexibility index (Phi) is 5.80. The summed E-state index contributed by atoms with van der Waals surface area (Å²) in [5, 5.41) is 5.70. The van der Waals surface area contributed by atoms with Crippen LogP contribution in [0.5, 0.6) is 0 Å². The summed E-state index contributed by atoms with van der Waals surface area (Å²) in [5.74, 6) is 1.87. The normalized spacial score (nSPS) is 13.0. The molecule has 3 nitrogen and oxygen atoms in total. The lowest BCUT2D eigenvalue weighted by Gasteiger charge is -2.15. The Bertz CT molecular complexity index is 488. The van der Waals surface area contributed by atoms with E-state index in [9.17, 15) is 0 Å². The Balaban J connectivity index is 1.79. The van der Waals surface area contributed by atoms with Gasteiger partial charge in [-0.25, -0.2) is 4.98 Å². The van der Waals surface area contributed by atoms with Gasteiger partial charge in [0.2, 0.25) is 0 Å². The second-order valence-corrected chi connectivity index (χ2v) is 6.70. The first-order valence-electron chi connectivity index (χ1n) is 7.45. The van der Waals surface area contributed by atoms with Gasteiger partial charge in [-0.2, -0.15) is 0 Å². The molecule has 0 amide bonds. The number of thiophene rings is 1. The van der Waals surface area contributed by atoms with E-state index in [0.717, 1.165) is 24.8 Å². The summed E-state index contributed by atoms with van der Waals surface area (Å²) in [6.07, 6.45) is 6.49. The molecule has 0 saturated heterocycles. The topological polar surface area (TPSA) is 29.9 Å². The highest BCUT2D eigenvalue weighted by Crippen LogP contribution is 2.22. The summed E-state index contributed by atoms with van der Waals surface area (Å²) >= 11 is 1.74. The Hall–Kier alpha value is -1.13. The molecule has 0 aliphatic rings. The summed E-state index contributed by atoms with van der Waals surface area (Å²) in [6.45, 7) is 8.81. The van der Waals surface area contributed by atoms with Crippen LogP contribution in [0, 0.1) is 5.92 Å². The summed E-state index contributed by atoms with van der Waals surface area (Å²) in [6, 6.07) is 4.79. The van der Waals surface area contributed by atoms with Crippen LogP contribution in [0.3, 0.4) is 0 Å². The number of aromatic nitrogens is 2. The average Bonchev–Trinajstić information content (AvgIpc) is 3.06. The first-order chi connectivity index (χ1) is 9.66. The van der Waals surface area contributed by atoms with Crippen LogP contribution in [0.25, 0.3) is 10.7 Å². The second-order valence-electron chi connectivity index (χ2n) is 5.75. The average molecular weight is 291 g/mol. The van der Waals surface area contributed by atoms with Crippen LogP contribution >= 0.6 is 11.3 Å². The maximum atomic E-state index is 4.46. The highest BCUT2D eigenvalue weighted by Gasteiger charge is 2.07. The molecule has 4 heteroatoms. The zero-order valence-corrected chi connectivity index (χ0v) is 13.5. The summed E-state index contributed by atoms with van der Waals surface area (Å²) in [7, 11) is 0. The monoisotopic (exact) mass is 291 g/mol. The van der Waals surface area contributed by atoms with Gasteiger partial charge in [-0.05, 0) is 37.1 Å². The minimum Gasteiger partial charge on any atom is -0.329 e. The molecule has 2 aromatic heterocycles. The minimum absolute atomic E-state index is 0.589. The van der Waals surface area contributed by atoms with Gasteiger partial charge in [-0.1, -0.05) is 19.9 Å². The van der Waals surface area contributed by atoms with Crippen LogP contribution in [0.15, 0.2) is 29.9 Å². The van der Waals surface area contributed by atoms with Crippen LogP contribution < -0.4 is 5.32 Å². The maximum absolute atomic E-state index is 4.46. The first-order valence-corrected chi connectivity index (χ1v) is 8.33. The molecule has 0 radical (unpaired) electrons. The van der Waals surface area contributed by atoms with E-state index in [1.165, 1.54) is 17.7 Å². The highest BCUT2D eigenvalue weighted by molar-refractivity contribution is 7.13. The van der Waals surface area contributed by atoms with E-state index in [1.54, 1.807) is 11.3 Å². The maximum Gasteiger partial charge on any atom is 0.150 e. The van der Waals surface area contributed by atoms with E-state index >= 15 is 0 Å². The van der Waals surface area contributed by atoms with Crippen molar-refractivity contribution in [2.45, 2.75) is 46.2 Å².